The van der Waals surface area contributed by atoms with E-state index >= 15 is 0 Å². The first-order chi connectivity index (χ1) is 12.1. The second kappa shape index (κ2) is 6.29. The van der Waals surface area contributed by atoms with E-state index in [9.17, 15) is 14.4 Å². The van der Waals surface area contributed by atoms with Crippen LogP contribution in [0.3, 0.4) is 0 Å². The molecule has 25 heavy (non-hydrogen) atoms. The van der Waals surface area contributed by atoms with E-state index in [-0.39, 0.29) is 17.9 Å². The van der Waals surface area contributed by atoms with Gasteiger partial charge in [-0.3, -0.25) is 19.7 Å². The van der Waals surface area contributed by atoms with Gasteiger partial charge >= 0.3 is 0 Å². The number of quaternary nitrogens is 1. The van der Waals surface area contributed by atoms with Crippen LogP contribution in [0.25, 0.3) is 10.8 Å². The number of carbonyl (C=O) groups is 2. The molecule has 2 aromatic rings. The van der Waals surface area contributed by atoms with E-state index in [4.69, 9.17) is 0 Å². The van der Waals surface area contributed by atoms with Gasteiger partial charge in [0.1, 0.15) is 6.04 Å². The quantitative estimate of drug-likeness (QED) is 0.665. The molecule has 0 aliphatic carbocycles. The number of hydrogen-bond donors (Lipinski definition) is 2. The third-order valence-corrected chi connectivity index (χ3v) is 4.87. The monoisotopic (exact) mass is 342 g/mol. The lowest BCUT2D eigenvalue weighted by molar-refractivity contribution is -0.655. The minimum absolute atomic E-state index is 0.216. The lowest BCUT2D eigenvalue weighted by Gasteiger charge is -2.27. The molecule has 2 aliphatic heterocycles. The smallest absolute Gasteiger partial charge is 0.275 e. The van der Waals surface area contributed by atoms with Gasteiger partial charge in [0.15, 0.2) is 0 Å². The van der Waals surface area contributed by atoms with Crippen molar-refractivity contribution in [1.82, 2.24) is 15.1 Å². The number of carbonyl (C=O) groups excluding carboxylic acids is 2. The zero-order chi connectivity index (χ0) is 17.4. The third-order valence-electron chi connectivity index (χ3n) is 4.87. The second-order valence-electron chi connectivity index (χ2n) is 6.49. The molecule has 0 unspecified atom stereocenters. The topological polar surface area (TPSA) is 101 Å². The Morgan fingerprint density at radius 1 is 1.16 bits per heavy atom. The number of hydrogen-bond acceptors (Lipinski definition) is 5. The maximum Gasteiger partial charge on any atom is 0.275 e. The van der Waals surface area contributed by atoms with E-state index in [1.54, 1.807) is 12.3 Å². The highest BCUT2D eigenvalue weighted by Crippen LogP contribution is 2.21. The minimum atomic E-state index is -0.730. The van der Waals surface area contributed by atoms with Crippen molar-refractivity contribution in [3.05, 3.63) is 34.7 Å². The molecule has 2 amide bonds. The van der Waals surface area contributed by atoms with E-state index < -0.39 is 11.9 Å². The van der Waals surface area contributed by atoms with Gasteiger partial charge in [0, 0.05) is 17.5 Å². The number of amides is 2. The van der Waals surface area contributed by atoms with Crippen LogP contribution >= 0.6 is 0 Å². The molecule has 2 saturated heterocycles. The van der Waals surface area contributed by atoms with Crippen LogP contribution in [0.4, 0.5) is 5.69 Å². The van der Waals surface area contributed by atoms with Crippen LogP contribution in [-0.4, -0.2) is 47.8 Å². The summed E-state index contributed by atoms with van der Waals surface area (Å²) in [4.78, 5) is 38.4. The number of fused-ring (bicyclic) bond motifs is 1. The molecule has 1 atom stereocenters. The number of imide groups is 1. The average Bonchev–Trinajstić information content (AvgIpc) is 2.63. The van der Waals surface area contributed by atoms with Crippen LogP contribution in [0.2, 0.25) is 0 Å². The molecule has 130 valence electrons. The molecule has 0 saturated carbocycles. The van der Waals surface area contributed by atoms with E-state index in [0.29, 0.717) is 11.8 Å². The van der Waals surface area contributed by atoms with Gasteiger partial charge in [-0.1, -0.05) is 0 Å². The SMILES string of the molecule is O=C1CC[C@H](n2ncc3cc(N4CC[NH2+]CC4)ccc3c2=O)C(=O)N1. The Bertz CT molecular complexity index is 901. The Morgan fingerprint density at radius 3 is 2.72 bits per heavy atom. The summed E-state index contributed by atoms with van der Waals surface area (Å²) in [7, 11) is 0. The summed E-state index contributed by atoms with van der Waals surface area (Å²) in [5, 5.41) is 10.1. The van der Waals surface area contributed by atoms with E-state index in [0.717, 1.165) is 37.3 Å². The van der Waals surface area contributed by atoms with Gasteiger partial charge in [0.25, 0.3) is 11.5 Å². The van der Waals surface area contributed by atoms with E-state index in [1.807, 2.05) is 12.1 Å². The predicted molar refractivity (Wildman–Crippen MR) is 91.3 cm³/mol. The Hall–Kier alpha value is -2.74. The fourth-order valence-electron chi connectivity index (χ4n) is 3.49. The highest BCUT2D eigenvalue weighted by molar-refractivity contribution is 5.99. The van der Waals surface area contributed by atoms with Crippen molar-refractivity contribution >= 4 is 28.3 Å². The van der Waals surface area contributed by atoms with Crippen LogP contribution < -0.4 is 21.1 Å². The number of nitrogens with two attached hydrogens (primary N) is 1. The maximum absolute atomic E-state index is 12.8. The summed E-state index contributed by atoms with van der Waals surface area (Å²) in [6.07, 6.45) is 2.14. The molecule has 2 aliphatic rings. The van der Waals surface area contributed by atoms with Crippen LogP contribution in [0, 0.1) is 0 Å². The van der Waals surface area contributed by atoms with Crippen molar-refractivity contribution in [1.29, 1.82) is 0 Å². The number of nitrogens with one attached hydrogen (secondary N) is 1. The molecule has 4 rings (SSSR count). The van der Waals surface area contributed by atoms with Gasteiger partial charge in [-0.05, 0) is 24.6 Å². The average molecular weight is 342 g/mol. The number of piperidine rings is 1. The second-order valence-corrected chi connectivity index (χ2v) is 6.49. The fraction of sp³-hybridized carbons (Fsp3) is 0.412. The zero-order valence-corrected chi connectivity index (χ0v) is 13.8. The number of nitrogens with zero attached hydrogens (tertiary/aromatic N) is 3. The predicted octanol–water partition coefficient (Wildman–Crippen LogP) is -1.24. The van der Waals surface area contributed by atoms with Crippen LogP contribution in [0.5, 0.6) is 0 Å². The molecular formula is C17H20N5O3+. The maximum atomic E-state index is 12.8. The minimum Gasteiger partial charge on any atom is -0.360 e. The molecule has 0 spiro atoms. The molecular weight excluding hydrogens is 322 g/mol. The van der Waals surface area contributed by atoms with Crippen LogP contribution in [0.15, 0.2) is 29.2 Å². The summed E-state index contributed by atoms with van der Waals surface area (Å²) in [6, 6.07) is 5.00. The Balaban J connectivity index is 1.70. The van der Waals surface area contributed by atoms with Gasteiger partial charge in [-0.25, -0.2) is 4.68 Å². The van der Waals surface area contributed by atoms with Gasteiger partial charge < -0.3 is 10.2 Å². The van der Waals surface area contributed by atoms with Gasteiger partial charge in [-0.2, -0.15) is 5.10 Å². The Kier molecular flexibility index (Phi) is 3.96. The summed E-state index contributed by atoms with van der Waals surface area (Å²) in [5.41, 5.74) is 0.783. The van der Waals surface area contributed by atoms with Crippen molar-refractivity contribution in [2.24, 2.45) is 0 Å². The van der Waals surface area contributed by atoms with Crippen molar-refractivity contribution in [3.8, 4) is 0 Å². The van der Waals surface area contributed by atoms with Gasteiger partial charge in [-0.15, -0.1) is 0 Å². The van der Waals surface area contributed by atoms with Crippen LogP contribution in [-0.2, 0) is 9.59 Å². The largest absolute Gasteiger partial charge is 0.360 e. The third kappa shape index (κ3) is 2.89. The summed E-state index contributed by atoms with van der Waals surface area (Å²) in [5.74, 6) is -0.773. The first-order valence-electron chi connectivity index (χ1n) is 8.55. The van der Waals surface area contributed by atoms with Crippen molar-refractivity contribution in [2.45, 2.75) is 18.9 Å². The molecule has 0 radical (unpaired) electrons. The Labute approximate surface area is 143 Å². The number of aromatic nitrogens is 2. The molecule has 3 N–H and O–H groups in total. The van der Waals surface area contributed by atoms with Crippen molar-refractivity contribution in [2.75, 3.05) is 31.1 Å². The van der Waals surface area contributed by atoms with E-state index in [2.05, 4.69) is 20.6 Å². The van der Waals surface area contributed by atoms with Crippen LogP contribution in [0.1, 0.15) is 18.9 Å². The number of anilines is 1. The van der Waals surface area contributed by atoms with Gasteiger partial charge in [0.2, 0.25) is 5.91 Å². The lowest BCUT2D eigenvalue weighted by Crippen LogP contribution is -2.89. The molecule has 1 aromatic heterocycles. The normalized spacial score (nSPS) is 21.4. The van der Waals surface area contributed by atoms with Crippen molar-refractivity contribution < 1.29 is 14.9 Å². The zero-order valence-electron chi connectivity index (χ0n) is 13.8. The summed E-state index contributed by atoms with van der Waals surface area (Å²) in [6.45, 7) is 4.08. The van der Waals surface area contributed by atoms with E-state index in [1.165, 1.54) is 4.68 Å². The highest BCUT2D eigenvalue weighted by atomic mass is 16.2. The molecule has 0 bridgehead atoms. The number of piperazine rings is 1. The summed E-state index contributed by atoms with van der Waals surface area (Å²) >= 11 is 0. The first-order valence-corrected chi connectivity index (χ1v) is 8.55. The molecule has 8 heteroatoms. The highest BCUT2D eigenvalue weighted by Gasteiger charge is 2.30. The number of rotatable bonds is 2. The molecule has 8 nitrogen and oxygen atoms in total. The van der Waals surface area contributed by atoms with Gasteiger partial charge in [0.05, 0.1) is 37.8 Å². The molecule has 3 heterocycles. The Morgan fingerprint density at radius 2 is 1.96 bits per heavy atom. The molecule has 1 aromatic carbocycles. The summed E-state index contributed by atoms with van der Waals surface area (Å²) < 4.78 is 1.19. The standard InChI is InChI=1S/C17H19N5O3/c23-15-4-3-14(16(24)20-15)22-17(25)13-2-1-12(9-11(13)10-19-22)21-7-5-18-6-8-21/h1-2,9-10,14,18H,3-8H2,(H,20,23,24)/p+1/t14-/m0/s1. The lowest BCUT2D eigenvalue weighted by atomic mass is 10.1. The first kappa shape index (κ1) is 15.8. The fourth-order valence-corrected chi connectivity index (χ4v) is 3.49. The molecule has 2 fully saturated rings. The van der Waals surface area contributed by atoms with Crippen molar-refractivity contribution in [3.63, 3.8) is 0 Å². The number of benzene rings is 1.